The van der Waals surface area contributed by atoms with E-state index in [4.69, 9.17) is 0 Å². The Morgan fingerprint density at radius 3 is 1.68 bits per heavy atom. The predicted molar refractivity (Wildman–Crippen MR) is 93.0 cm³/mol. The fraction of sp³-hybridized carbons (Fsp3) is 0.952. The molecule has 0 aliphatic heterocycles. The van der Waals surface area contributed by atoms with Crippen LogP contribution in [0.3, 0.4) is 0 Å². The van der Waals surface area contributed by atoms with Gasteiger partial charge in [0.15, 0.2) is 0 Å². The molecule has 0 N–H and O–H groups in total. The van der Waals surface area contributed by atoms with Crippen molar-refractivity contribution in [3.8, 4) is 0 Å². The molecule has 0 bridgehead atoms. The molecule has 1 nitrogen and oxygen atoms in total. The van der Waals surface area contributed by atoms with Crippen molar-refractivity contribution in [2.75, 3.05) is 0 Å². The van der Waals surface area contributed by atoms with Crippen LogP contribution in [0.1, 0.15) is 116 Å². The molecule has 3 fully saturated rings. The van der Waals surface area contributed by atoms with Crippen LogP contribution in [0.5, 0.6) is 0 Å². The zero-order chi connectivity index (χ0) is 15.3. The quantitative estimate of drug-likeness (QED) is 0.493. The largest absolute Gasteiger partial charge is 0.299 e. The average Bonchev–Trinajstić information content (AvgIpc) is 2.87. The maximum atomic E-state index is 12.6. The molecule has 0 aromatic heterocycles. The summed E-state index contributed by atoms with van der Waals surface area (Å²) in [6, 6.07) is 0. The minimum atomic E-state index is 0.134. The van der Waals surface area contributed by atoms with Crippen LogP contribution in [0.4, 0.5) is 0 Å². The maximum Gasteiger partial charge on any atom is 0.139 e. The van der Waals surface area contributed by atoms with Gasteiger partial charge in [0, 0.05) is 11.8 Å². The summed E-state index contributed by atoms with van der Waals surface area (Å²) in [5, 5.41) is 0. The maximum absolute atomic E-state index is 12.6. The smallest absolute Gasteiger partial charge is 0.139 e. The molecular formula is C21H36O. The monoisotopic (exact) mass is 304 g/mol. The lowest BCUT2D eigenvalue weighted by Gasteiger charge is -2.36. The first-order chi connectivity index (χ1) is 10.7. The molecule has 3 rings (SSSR count). The van der Waals surface area contributed by atoms with Crippen LogP contribution in [0, 0.1) is 10.8 Å². The molecule has 0 aromatic rings. The van der Waals surface area contributed by atoms with Crippen LogP contribution in [-0.2, 0) is 4.79 Å². The molecule has 3 saturated carbocycles. The minimum Gasteiger partial charge on any atom is -0.299 e. The summed E-state index contributed by atoms with van der Waals surface area (Å²) < 4.78 is 0. The second kappa shape index (κ2) is 7.49. The number of Topliss-reactive ketones (excluding diaryl/α,β-unsaturated/α-hetero) is 1. The highest BCUT2D eigenvalue weighted by atomic mass is 16.1. The first-order valence-corrected chi connectivity index (χ1v) is 10.3. The molecule has 0 amide bonds. The van der Waals surface area contributed by atoms with Gasteiger partial charge in [-0.05, 0) is 50.4 Å². The molecule has 3 aliphatic carbocycles. The predicted octanol–water partition coefficient (Wildman–Crippen LogP) is 6.59. The van der Waals surface area contributed by atoms with Crippen LogP contribution in [0.2, 0.25) is 0 Å². The first-order valence-electron chi connectivity index (χ1n) is 10.3. The van der Waals surface area contributed by atoms with Gasteiger partial charge >= 0.3 is 0 Å². The summed E-state index contributed by atoms with van der Waals surface area (Å²) in [6.07, 6.45) is 24.2. The zero-order valence-electron chi connectivity index (χ0n) is 14.6. The van der Waals surface area contributed by atoms with Crippen LogP contribution >= 0.6 is 0 Å². The summed E-state index contributed by atoms with van der Waals surface area (Å²) in [6.45, 7) is 0. The van der Waals surface area contributed by atoms with Gasteiger partial charge in [-0.2, -0.15) is 0 Å². The van der Waals surface area contributed by atoms with Crippen molar-refractivity contribution < 1.29 is 4.79 Å². The van der Waals surface area contributed by atoms with E-state index in [0.29, 0.717) is 11.2 Å². The molecular weight excluding hydrogens is 268 g/mol. The van der Waals surface area contributed by atoms with E-state index >= 15 is 0 Å². The molecule has 0 heterocycles. The van der Waals surface area contributed by atoms with Gasteiger partial charge in [-0.3, -0.25) is 4.79 Å². The van der Waals surface area contributed by atoms with Gasteiger partial charge < -0.3 is 0 Å². The standard InChI is InChI=1S/C21H36O/c22-19-12-8-11-15-21(19)17-16-20(18-21)13-9-6-4-2-1-3-5-7-10-14-20/h1-18H2. The van der Waals surface area contributed by atoms with Gasteiger partial charge in [-0.15, -0.1) is 0 Å². The van der Waals surface area contributed by atoms with Crippen LogP contribution in [0.15, 0.2) is 0 Å². The van der Waals surface area contributed by atoms with Gasteiger partial charge in [-0.1, -0.05) is 64.2 Å². The number of carbonyl (C=O) groups is 1. The van der Waals surface area contributed by atoms with Crippen molar-refractivity contribution in [3.05, 3.63) is 0 Å². The van der Waals surface area contributed by atoms with Crippen molar-refractivity contribution in [2.45, 2.75) is 116 Å². The Bertz CT molecular complexity index is 360. The fourth-order valence-corrected chi connectivity index (χ4v) is 5.79. The van der Waals surface area contributed by atoms with E-state index in [-0.39, 0.29) is 5.41 Å². The highest BCUT2D eigenvalue weighted by molar-refractivity contribution is 5.85. The Kier molecular flexibility index (Phi) is 5.63. The van der Waals surface area contributed by atoms with E-state index < -0.39 is 0 Å². The number of ketones is 1. The Balaban J connectivity index is 1.64. The van der Waals surface area contributed by atoms with E-state index in [0.717, 1.165) is 12.8 Å². The number of hydrogen-bond donors (Lipinski definition) is 0. The minimum absolute atomic E-state index is 0.134. The Labute approximate surface area is 137 Å². The van der Waals surface area contributed by atoms with Crippen molar-refractivity contribution in [3.63, 3.8) is 0 Å². The van der Waals surface area contributed by atoms with Gasteiger partial charge in [-0.25, -0.2) is 0 Å². The summed E-state index contributed by atoms with van der Waals surface area (Å²) in [5.74, 6) is 0.641. The third-order valence-electron chi connectivity index (χ3n) is 7.16. The molecule has 1 unspecified atom stereocenters. The highest BCUT2D eigenvalue weighted by Gasteiger charge is 2.51. The topological polar surface area (TPSA) is 17.1 Å². The van der Waals surface area contributed by atoms with Gasteiger partial charge in [0.2, 0.25) is 0 Å². The van der Waals surface area contributed by atoms with Gasteiger partial charge in [0.1, 0.15) is 5.78 Å². The van der Waals surface area contributed by atoms with Crippen LogP contribution < -0.4 is 0 Å². The normalized spacial score (nSPS) is 34.5. The lowest BCUT2D eigenvalue weighted by molar-refractivity contribution is -0.131. The molecule has 0 aromatic carbocycles. The second-order valence-electron chi connectivity index (χ2n) is 8.77. The Morgan fingerprint density at radius 2 is 1.09 bits per heavy atom. The molecule has 0 saturated heterocycles. The fourth-order valence-electron chi connectivity index (χ4n) is 5.79. The van der Waals surface area contributed by atoms with E-state index in [9.17, 15) is 4.79 Å². The second-order valence-corrected chi connectivity index (χ2v) is 8.77. The van der Waals surface area contributed by atoms with E-state index in [1.54, 1.807) is 0 Å². The summed E-state index contributed by atoms with van der Waals surface area (Å²) in [7, 11) is 0. The van der Waals surface area contributed by atoms with Crippen molar-refractivity contribution in [2.24, 2.45) is 10.8 Å². The van der Waals surface area contributed by atoms with E-state index in [1.807, 2.05) is 0 Å². The molecule has 0 radical (unpaired) electrons. The van der Waals surface area contributed by atoms with Crippen molar-refractivity contribution in [1.29, 1.82) is 0 Å². The summed E-state index contributed by atoms with van der Waals surface area (Å²) >= 11 is 0. The van der Waals surface area contributed by atoms with Crippen LogP contribution in [0.25, 0.3) is 0 Å². The van der Waals surface area contributed by atoms with E-state index in [2.05, 4.69) is 0 Å². The number of carbonyl (C=O) groups excluding carboxylic acids is 1. The summed E-state index contributed by atoms with van der Waals surface area (Å²) in [4.78, 5) is 12.6. The number of hydrogen-bond acceptors (Lipinski definition) is 1. The van der Waals surface area contributed by atoms with E-state index in [1.165, 1.54) is 103 Å². The zero-order valence-corrected chi connectivity index (χ0v) is 14.6. The molecule has 3 aliphatic rings. The first kappa shape index (κ1) is 16.5. The third kappa shape index (κ3) is 3.77. The molecule has 2 spiro atoms. The van der Waals surface area contributed by atoms with Gasteiger partial charge in [0.05, 0.1) is 0 Å². The average molecular weight is 305 g/mol. The molecule has 126 valence electrons. The molecule has 1 heteroatoms. The van der Waals surface area contributed by atoms with Crippen molar-refractivity contribution >= 4 is 5.78 Å². The van der Waals surface area contributed by atoms with Crippen molar-refractivity contribution in [1.82, 2.24) is 0 Å². The SMILES string of the molecule is O=C1CCCCC12CCC1(CCCCCCCCCCC1)C2. The number of rotatable bonds is 0. The molecule has 22 heavy (non-hydrogen) atoms. The van der Waals surface area contributed by atoms with Gasteiger partial charge in [0.25, 0.3) is 0 Å². The molecule has 1 atom stereocenters. The third-order valence-corrected chi connectivity index (χ3v) is 7.16. The Hall–Kier alpha value is -0.330. The highest BCUT2D eigenvalue weighted by Crippen LogP contribution is 2.58. The summed E-state index contributed by atoms with van der Waals surface area (Å²) in [5.41, 5.74) is 0.682. The van der Waals surface area contributed by atoms with Crippen LogP contribution in [-0.4, -0.2) is 5.78 Å². The lowest BCUT2D eigenvalue weighted by Crippen LogP contribution is -2.33. The Morgan fingerprint density at radius 1 is 0.545 bits per heavy atom. The lowest BCUT2D eigenvalue weighted by atomic mass is 9.67.